The number of aromatic nitrogens is 3. The molecule has 0 atom stereocenters. The molecule has 0 bridgehead atoms. The van der Waals surface area contributed by atoms with Crippen molar-refractivity contribution in [3.05, 3.63) is 29.8 Å². The summed E-state index contributed by atoms with van der Waals surface area (Å²) in [5.74, 6) is -48.6. The van der Waals surface area contributed by atoms with Crippen molar-refractivity contribution in [1.29, 1.82) is 0 Å². The summed E-state index contributed by atoms with van der Waals surface area (Å²) in [6.45, 7) is 0. The molecule has 0 aliphatic heterocycles. The summed E-state index contributed by atoms with van der Waals surface area (Å²) in [5.41, 5.74) is 7.81. The first kappa shape index (κ1) is 29.0. The highest BCUT2D eigenvalue weighted by molar-refractivity contribution is 5.58. The van der Waals surface area contributed by atoms with Crippen LogP contribution in [-0.2, 0) is 5.92 Å². The van der Waals surface area contributed by atoms with E-state index in [1.165, 1.54) is 0 Å². The molecule has 1 aromatic carbocycles. The standard InChI is InChI=1S/C16H8F15N5/c17-10(18,6-3-1-5(2-4-6)7-34-8(32)36-9(33)35-7)11(19,20)12(21,22)13(23,24)14(25,26)15(27,28)16(29,30)31/h1-4H,(H4,32,33,34,35,36). The van der Waals surface area contributed by atoms with Gasteiger partial charge in [0.1, 0.15) is 0 Å². The number of nitrogen functional groups attached to an aromatic ring is 2. The van der Waals surface area contributed by atoms with Crippen molar-refractivity contribution in [2.75, 3.05) is 11.5 Å². The monoisotopic (exact) mass is 555 g/mol. The third-order valence-corrected chi connectivity index (χ3v) is 4.50. The average Bonchev–Trinajstić information content (AvgIpc) is 2.71. The number of rotatable bonds is 7. The first-order valence-electron chi connectivity index (χ1n) is 8.58. The number of alkyl halides is 15. The van der Waals surface area contributed by atoms with Gasteiger partial charge < -0.3 is 11.5 Å². The first-order valence-corrected chi connectivity index (χ1v) is 8.58. The lowest BCUT2D eigenvalue weighted by atomic mass is 9.88. The highest BCUT2D eigenvalue weighted by Gasteiger charge is 2.93. The molecule has 1 heterocycles. The van der Waals surface area contributed by atoms with Crippen molar-refractivity contribution in [2.24, 2.45) is 0 Å². The molecule has 0 amide bonds. The molecular formula is C16H8F15N5. The van der Waals surface area contributed by atoms with Crippen molar-refractivity contribution >= 4 is 11.9 Å². The van der Waals surface area contributed by atoms with E-state index in [0.29, 0.717) is 12.1 Å². The molecule has 0 spiro atoms. The second-order valence-corrected chi connectivity index (χ2v) is 6.90. The molecule has 1 aromatic heterocycles. The fourth-order valence-electron chi connectivity index (χ4n) is 2.52. The molecule has 5 nitrogen and oxygen atoms in total. The largest absolute Gasteiger partial charge is 0.460 e. The van der Waals surface area contributed by atoms with Gasteiger partial charge in [0.25, 0.3) is 0 Å². The molecule has 0 saturated heterocycles. The van der Waals surface area contributed by atoms with E-state index in [4.69, 9.17) is 11.5 Å². The van der Waals surface area contributed by atoms with Crippen LogP contribution in [0.15, 0.2) is 24.3 Å². The van der Waals surface area contributed by atoms with Crippen LogP contribution in [0.5, 0.6) is 0 Å². The molecule has 0 saturated carbocycles. The quantitative estimate of drug-likeness (QED) is 0.439. The van der Waals surface area contributed by atoms with Crippen LogP contribution in [0.25, 0.3) is 11.4 Å². The Kier molecular flexibility index (Phi) is 6.57. The number of nitrogens with zero attached hydrogens (tertiary/aromatic N) is 3. The summed E-state index contributed by atoms with van der Waals surface area (Å²) >= 11 is 0. The van der Waals surface area contributed by atoms with E-state index in [9.17, 15) is 65.9 Å². The molecule has 0 unspecified atom stereocenters. The van der Waals surface area contributed by atoms with E-state index >= 15 is 0 Å². The number of halogens is 15. The lowest BCUT2D eigenvalue weighted by Gasteiger charge is -2.41. The van der Waals surface area contributed by atoms with Gasteiger partial charge in [-0.15, -0.1) is 0 Å². The molecule has 36 heavy (non-hydrogen) atoms. The van der Waals surface area contributed by atoms with Crippen LogP contribution < -0.4 is 11.5 Å². The maximum Gasteiger partial charge on any atom is 0.460 e. The van der Waals surface area contributed by atoms with Crippen LogP contribution in [0.2, 0.25) is 0 Å². The number of anilines is 2. The zero-order valence-electron chi connectivity index (χ0n) is 16.5. The fraction of sp³-hybridized carbons (Fsp3) is 0.438. The van der Waals surface area contributed by atoms with Gasteiger partial charge in [-0.1, -0.05) is 24.3 Å². The zero-order chi connectivity index (χ0) is 28.3. The molecule has 202 valence electrons. The van der Waals surface area contributed by atoms with Gasteiger partial charge in [0.15, 0.2) is 5.82 Å². The Morgan fingerprint density at radius 2 is 0.833 bits per heavy atom. The van der Waals surface area contributed by atoms with E-state index < -0.39 is 65.0 Å². The van der Waals surface area contributed by atoms with E-state index in [1.807, 2.05) is 0 Å². The van der Waals surface area contributed by atoms with Crippen molar-refractivity contribution in [3.8, 4) is 11.4 Å². The molecule has 2 rings (SSSR count). The molecule has 0 aliphatic carbocycles. The summed E-state index contributed by atoms with van der Waals surface area (Å²) in [5, 5.41) is 0. The van der Waals surface area contributed by atoms with Crippen molar-refractivity contribution in [3.63, 3.8) is 0 Å². The van der Waals surface area contributed by atoms with Gasteiger partial charge in [-0.2, -0.15) is 80.8 Å². The van der Waals surface area contributed by atoms with Gasteiger partial charge in [0.2, 0.25) is 11.9 Å². The first-order chi connectivity index (χ1) is 15.9. The molecule has 0 fully saturated rings. The van der Waals surface area contributed by atoms with Gasteiger partial charge >= 0.3 is 41.7 Å². The molecule has 0 radical (unpaired) electrons. The highest BCUT2D eigenvalue weighted by atomic mass is 19.4. The summed E-state index contributed by atoms with van der Waals surface area (Å²) in [7, 11) is 0. The number of benzene rings is 1. The van der Waals surface area contributed by atoms with Crippen LogP contribution in [0.1, 0.15) is 5.56 Å². The van der Waals surface area contributed by atoms with Crippen LogP contribution in [0.3, 0.4) is 0 Å². The summed E-state index contributed by atoms with van der Waals surface area (Å²) in [6, 6.07) is 0.540. The van der Waals surface area contributed by atoms with E-state index in [0.717, 1.165) is 0 Å². The third kappa shape index (κ3) is 3.98. The topological polar surface area (TPSA) is 90.7 Å². The predicted octanol–water partition coefficient (Wildman–Crippen LogP) is 5.53. The normalized spacial score (nSPS) is 14.8. The number of hydrogen-bond acceptors (Lipinski definition) is 5. The van der Waals surface area contributed by atoms with Crippen LogP contribution in [0, 0.1) is 0 Å². The smallest absolute Gasteiger partial charge is 0.368 e. The van der Waals surface area contributed by atoms with Gasteiger partial charge in [0.05, 0.1) is 0 Å². The minimum atomic E-state index is -8.36. The molecule has 4 N–H and O–H groups in total. The maximum absolute atomic E-state index is 14.2. The zero-order valence-corrected chi connectivity index (χ0v) is 16.5. The Bertz CT molecular complexity index is 1090. The Morgan fingerprint density at radius 3 is 1.22 bits per heavy atom. The Balaban J connectivity index is 2.56. The Morgan fingerprint density at radius 1 is 0.472 bits per heavy atom. The van der Waals surface area contributed by atoms with Crippen LogP contribution >= 0.6 is 0 Å². The summed E-state index contributed by atoms with van der Waals surface area (Å²) < 4.78 is 200. The minimum absolute atomic E-state index is 0.129. The van der Waals surface area contributed by atoms with Crippen LogP contribution in [0.4, 0.5) is 77.8 Å². The molecule has 20 heteroatoms. The SMILES string of the molecule is Nc1nc(N)nc(-c2ccc(C(F)(F)C(F)(F)C(F)(F)C(F)(F)C(F)(F)C(F)(F)C(F)(F)F)cc2)n1. The van der Waals surface area contributed by atoms with Gasteiger partial charge in [0, 0.05) is 11.1 Å². The van der Waals surface area contributed by atoms with Gasteiger partial charge in [-0.25, -0.2) is 0 Å². The molecule has 2 aromatic rings. The second kappa shape index (κ2) is 8.15. The fourth-order valence-corrected chi connectivity index (χ4v) is 2.52. The van der Waals surface area contributed by atoms with E-state index in [-0.39, 0.29) is 17.7 Å². The number of nitrogens with two attached hydrogens (primary N) is 2. The van der Waals surface area contributed by atoms with Crippen molar-refractivity contribution in [2.45, 2.75) is 41.7 Å². The lowest BCUT2D eigenvalue weighted by molar-refractivity contribution is -0.453. The van der Waals surface area contributed by atoms with Gasteiger partial charge in [-0.3, -0.25) is 0 Å². The average molecular weight is 555 g/mol. The van der Waals surface area contributed by atoms with Crippen LogP contribution in [-0.4, -0.2) is 50.7 Å². The van der Waals surface area contributed by atoms with Crippen molar-refractivity contribution in [1.82, 2.24) is 15.0 Å². The summed E-state index contributed by atoms with van der Waals surface area (Å²) in [6.07, 6.45) is -7.66. The minimum Gasteiger partial charge on any atom is -0.368 e. The maximum atomic E-state index is 14.2. The van der Waals surface area contributed by atoms with Gasteiger partial charge in [-0.05, 0) is 0 Å². The summed E-state index contributed by atoms with van der Waals surface area (Å²) in [4.78, 5) is 10.2. The third-order valence-electron chi connectivity index (χ3n) is 4.50. The lowest BCUT2D eigenvalue weighted by Crippen LogP contribution is -2.72. The molecule has 0 aliphatic rings. The predicted molar refractivity (Wildman–Crippen MR) is 88.8 cm³/mol. The van der Waals surface area contributed by atoms with E-state index in [2.05, 4.69) is 15.0 Å². The van der Waals surface area contributed by atoms with E-state index in [1.54, 1.807) is 0 Å². The Hall–Kier alpha value is -3.22. The van der Waals surface area contributed by atoms with Crippen molar-refractivity contribution < 1.29 is 65.9 Å². The number of hydrogen-bond donors (Lipinski definition) is 2. The Labute approximate surface area is 188 Å². The second-order valence-electron chi connectivity index (χ2n) is 6.90. The highest BCUT2D eigenvalue weighted by Crippen LogP contribution is 2.63. The molecular weight excluding hydrogens is 547 g/mol.